The molecule has 3 aliphatic rings. The van der Waals surface area contributed by atoms with E-state index < -0.39 is 5.72 Å². The lowest BCUT2D eigenvalue weighted by molar-refractivity contribution is -0.256. The summed E-state index contributed by atoms with van der Waals surface area (Å²) in [4.78, 5) is 13.4. The fourth-order valence-electron chi connectivity index (χ4n) is 7.33. The van der Waals surface area contributed by atoms with Crippen LogP contribution in [0, 0.1) is 0 Å². The zero-order valence-electron chi connectivity index (χ0n) is 19.9. The van der Waals surface area contributed by atoms with Crippen LogP contribution in [0.4, 0.5) is 0 Å². The Hall–Kier alpha value is -3.39. The Balaban J connectivity index is 1.72. The maximum Gasteiger partial charge on any atom is 0.252 e. The molecule has 2 aromatic heterocycles. The third-order valence-electron chi connectivity index (χ3n) is 8.60. The molecular weight excluding hydrogens is 440 g/mol. The molecule has 7 nitrogen and oxygen atoms in total. The Bertz CT molecular complexity index is 1750. The number of fused-ring (bicyclic) bond motifs is 13. The van der Waals surface area contributed by atoms with Crippen LogP contribution in [0.5, 0.6) is 0 Å². The fourth-order valence-corrected chi connectivity index (χ4v) is 7.33. The van der Waals surface area contributed by atoms with E-state index in [9.17, 15) is 4.79 Å². The summed E-state index contributed by atoms with van der Waals surface area (Å²) in [5.74, 6) is -0.00341. The van der Waals surface area contributed by atoms with Gasteiger partial charge in [-0.25, -0.2) is 0 Å². The minimum atomic E-state index is -0.789. The minimum absolute atomic E-state index is 0.00341. The van der Waals surface area contributed by atoms with Crippen LogP contribution in [0.2, 0.25) is 0 Å². The zero-order valence-corrected chi connectivity index (χ0v) is 19.9. The van der Waals surface area contributed by atoms with Gasteiger partial charge in [0.1, 0.15) is 12.3 Å². The number of para-hydroxylation sites is 2. The predicted octanol–water partition coefficient (Wildman–Crippen LogP) is 4.35. The third-order valence-corrected chi connectivity index (χ3v) is 8.60. The second-order valence-corrected chi connectivity index (χ2v) is 10.1. The van der Waals surface area contributed by atoms with Gasteiger partial charge in [0, 0.05) is 47.7 Å². The molecule has 0 spiro atoms. The smallest absolute Gasteiger partial charge is 0.252 e. The van der Waals surface area contributed by atoms with Crippen molar-refractivity contribution in [1.82, 2.24) is 19.8 Å². The largest absolute Gasteiger partial charge is 0.375 e. The first-order chi connectivity index (χ1) is 17.1. The second-order valence-electron chi connectivity index (χ2n) is 10.1. The first-order valence-electron chi connectivity index (χ1n) is 12.3. The highest BCUT2D eigenvalue weighted by Gasteiger charge is 2.53. The Morgan fingerprint density at radius 1 is 1.06 bits per heavy atom. The Labute approximate surface area is 201 Å². The number of methoxy groups -OCH3 is 1. The van der Waals surface area contributed by atoms with Gasteiger partial charge in [-0.05, 0) is 31.7 Å². The lowest BCUT2D eigenvalue weighted by atomic mass is 9.93. The molecule has 1 fully saturated rings. The Kier molecular flexibility index (Phi) is 3.65. The number of hydrogen-bond acceptors (Lipinski definition) is 4. The van der Waals surface area contributed by atoms with E-state index in [0.29, 0.717) is 6.54 Å². The van der Waals surface area contributed by atoms with Gasteiger partial charge in [-0.15, -0.1) is 0 Å². The van der Waals surface area contributed by atoms with Crippen molar-refractivity contribution >= 4 is 49.5 Å². The predicted molar refractivity (Wildman–Crippen MR) is 136 cm³/mol. The standard InChI is InChI=1S/C28H26N4O3/c1-28-26(34-3)17(29-2)12-20(35-28)31-18-10-6-4-8-14(18)21-16-13-30-27(33)23(16)22-15-9-5-7-11-19(15)32(28)25(22)24(21)31/h4-11,17,20,26,29H,12-13H2,1-3H3,(H,30,33)/t17-,20?,26-,28+/m1/s1. The number of rotatable bonds is 2. The van der Waals surface area contributed by atoms with E-state index in [1.54, 1.807) is 7.11 Å². The van der Waals surface area contributed by atoms with E-state index in [0.717, 1.165) is 61.2 Å². The van der Waals surface area contributed by atoms with Crippen molar-refractivity contribution in [3.63, 3.8) is 0 Å². The summed E-state index contributed by atoms with van der Waals surface area (Å²) in [6.45, 7) is 2.67. The topological polar surface area (TPSA) is 69.5 Å². The molecule has 7 heteroatoms. The second kappa shape index (κ2) is 6.43. The molecule has 1 saturated heterocycles. The summed E-state index contributed by atoms with van der Waals surface area (Å²) < 4.78 is 17.9. The number of ether oxygens (including phenoxy) is 2. The first-order valence-corrected chi connectivity index (χ1v) is 12.3. The number of carbonyl (C=O) groups excluding carboxylic acids is 1. The molecule has 5 heterocycles. The average Bonchev–Trinajstić information content (AvgIpc) is 3.51. The van der Waals surface area contributed by atoms with Crippen LogP contribution in [0.1, 0.15) is 35.5 Å². The van der Waals surface area contributed by atoms with Crippen molar-refractivity contribution in [2.24, 2.45) is 0 Å². The van der Waals surface area contributed by atoms with E-state index >= 15 is 0 Å². The highest BCUT2D eigenvalue weighted by molar-refractivity contribution is 6.31. The molecule has 4 atom stereocenters. The van der Waals surface area contributed by atoms with E-state index in [1.807, 2.05) is 13.1 Å². The van der Waals surface area contributed by atoms with Crippen molar-refractivity contribution in [2.45, 2.75) is 44.0 Å². The summed E-state index contributed by atoms with van der Waals surface area (Å²) in [6.07, 6.45) is 0.364. The number of carbonyl (C=O) groups is 1. The van der Waals surface area contributed by atoms with Crippen molar-refractivity contribution in [2.75, 3.05) is 14.2 Å². The van der Waals surface area contributed by atoms with Crippen molar-refractivity contribution in [3.8, 4) is 0 Å². The van der Waals surface area contributed by atoms with Crippen LogP contribution in [-0.4, -0.2) is 41.3 Å². The molecule has 0 radical (unpaired) electrons. The Morgan fingerprint density at radius 3 is 2.51 bits per heavy atom. The molecule has 5 aromatic rings. The summed E-state index contributed by atoms with van der Waals surface area (Å²) in [5, 5.41) is 11.0. The highest BCUT2D eigenvalue weighted by atomic mass is 16.6. The van der Waals surface area contributed by atoms with Gasteiger partial charge in [0.15, 0.2) is 5.72 Å². The zero-order chi connectivity index (χ0) is 23.6. The van der Waals surface area contributed by atoms with Crippen LogP contribution >= 0.6 is 0 Å². The third kappa shape index (κ3) is 2.12. The van der Waals surface area contributed by atoms with Crippen LogP contribution in [-0.2, 0) is 21.7 Å². The van der Waals surface area contributed by atoms with Crippen LogP contribution in [0.25, 0.3) is 43.6 Å². The number of hydrogen-bond donors (Lipinski definition) is 2. The molecule has 2 bridgehead atoms. The van der Waals surface area contributed by atoms with Gasteiger partial charge in [-0.3, -0.25) is 4.79 Å². The van der Waals surface area contributed by atoms with E-state index in [4.69, 9.17) is 9.47 Å². The molecule has 3 aliphatic heterocycles. The first kappa shape index (κ1) is 19.9. The molecule has 35 heavy (non-hydrogen) atoms. The van der Waals surface area contributed by atoms with Crippen molar-refractivity contribution < 1.29 is 14.3 Å². The Morgan fingerprint density at radius 2 is 1.77 bits per heavy atom. The molecule has 2 N–H and O–H groups in total. The molecule has 176 valence electrons. The van der Waals surface area contributed by atoms with Gasteiger partial charge in [-0.1, -0.05) is 36.4 Å². The van der Waals surface area contributed by atoms with Gasteiger partial charge in [0.2, 0.25) is 0 Å². The SMILES string of the molecule is CN[C@@H]1CC2O[C@@](C)([C@@H]1OC)n1c3ccccc3c3c4c(c5c6ccccc6n2c5c31)CNC4=O. The number of benzene rings is 3. The quantitative estimate of drug-likeness (QED) is 0.406. The van der Waals surface area contributed by atoms with E-state index in [1.165, 1.54) is 0 Å². The molecule has 8 rings (SSSR count). The molecule has 1 amide bonds. The summed E-state index contributed by atoms with van der Waals surface area (Å²) in [6, 6.07) is 17.0. The molecule has 0 saturated carbocycles. The number of aromatic nitrogens is 2. The van der Waals surface area contributed by atoms with Gasteiger partial charge in [0.05, 0.1) is 27.6 Å². The van der Waals surface area contributed by atoms with E-state index in [-0.39, 0.29) is 24.3 Å². The molecule has 3 aromatic carbocycles. The highest BCUT2D eigenvalue weighted by Crippen LogP contribution is 2.53. The maximum absolute atomic E-state index is 13.4. The van der Waals surface area contributed by atoms with Gasteiger partial charge >= 0.3 is 0 Å². The van der Waals surface area contributed by atoms with Crippen molar-refractivity contribution in [1.29, 1.82) is 0 Å². The van der Waals surface area contributed by atoms with E-state index in [2.05, 4.69) is 69.2 Å². The number of nitrogens with zero attached hydrogens (tertiary/aromatic N) is 2. The molecular formula is C28H26N4O3. The lowest BCUT2D eigenvalue weighted by Gasteiger charge is -2.48. The average molecular weight is 467 g/mol. The number of likely N-dealkylation sites (N-methyl/N-ethyl adjacent to an activating group) is 1. The minimum Gasteiger partial charge on any atom is -0.375 e. The summed E-state index contributed by atoms with van der Waals surface area (Å²) >= 11 is 0. The molecule has 0 aliphatic carbocycles. The van der Waals surface area contributed by atoms with Gasteiger partial charge < -0.3 is 29.2 Å². The van der Waals surface area contributed by atoms with Gasteiger partial charge in [0.25, 0.3) is 5.91 Å². The monoisotopic (exact) mass is 466 g/mol. The van der Waals surface area contributed by atoms with Crippen LogP contribution in [0.3, 0.4) is 0 Å². The number of amides is 1. The normalized spacial score (nSPS) is 27.3. The molecule has 1 unspecified atom stereocenters. The van der Waals surface area contributed by atoms with Gasteiger partial charge in [-0.2, -0.15) is 0 Å². The fraction of sp³-hybridized carbons (Fsp3) is 0.321. The lowest BCUT2D eigenvalue weighted by Crippen LogP contribution is -2.59. The maximum atomic E-state index is 13.4. The van der Waals surface area contributed by atoms with Crippen LogP contribution < -0.4 is 10.6 Å². The number of nitrogens with one attached hydrogen (secondary N) is 2. The van der Waals surface area contributed by atoms with Crippen LogP contribution in [0.15, 0.2) is 48.5 Å². The van der Waals surface area contributed by atoms with Crippen molar-refractivity contribution in [3.05, 3.63) is 59.7 Å². The summed E-state index contributed by atoms with van der Waals surface area (Å²) in [7, 11) is 3.76. The summed E-state index contributed by atoms with van der Waals surface area (Å²) in [5.41, 5.74) is 5.48.